The fraction of sp³-hybridized carbons (Fsp3) is 1.00. The maximum absolute atomic E-state index is 11.3. The third kappa shape index (κ3) is 8.15. The van der Waals surface area contributed by atoms with Crippen LogP contribution in [0, 0.1) is 0 Å². The van der Waals surface area contributed by atoms with E-state index in [1.54, 1.807) is 5.43 Å². The van der Waals surface area contributed by atoms with Gasteiger partial charge in [-0.1, -0.05) is 0 Å². The Morgan fingerprint density at radius 1 is 1.36 bits per heavy atom. The second kappa shape index (κ2) is 6.93. The van der Waals surface area contributed by atoms with Gasteiger partial charge in [0, 0.05) is 6.54 Å². The molecule has 4 N–H and O–H groups in total. The Kier molecular flexibility index (Phi) is 10.9. The smallest absolute Gasteiger partial charge is 0.382 e. The summed E-state index contributed by atoms with van der Waals surface area (Å²) < 4.78 is 33.9. The lowest BCUT2D eigenvalue weighted by molar-refractivity contribution is -0.201. The molecule has 0 aromatic carbocycles. The molecule has 0 amide bonds. The highest BCUT2D eigenvalue weighted by Crippen LogP contribution is 2.18. The number of aliphatic hydroxyl groups is 1. The van der Waals surface area contributed by atoms with E-state index in [0.29, 0.717) is 0 Å². The zero-order chi connectivity index (χ0) is 7.49. The molecule has 0 unspecified atom stereocenters. The van der Waals surface area contributed by atoms with Crippen molar-refractivity contribution in [3.8, 4) is 0 Å². The van der Waals surface area contributed by atoms with Crippen LogP contribution < -0.4 is 11.3 Å². The molecule has 1 atom stereocenters. The van der Waals surface area contributed by atoms with Crippen molar-refractivity contribution in [1.82, 2.24) is 5.43 Å². The van der Waals surface area contributed by atoms with Gasteiger partial charge in [0.2, 0.25) is 0 Å². The number of hydrogen-bond acceptors (Lipinski definition) is 3. The largest absolute Gasteiger partial charge is 0.415 e. The molecule has 0 aromatic heterocycles. The summed E-state index contributed by atoms with van der Waals surface area (Å²) in [6, 6.07) is 0. The number of hydrazine groups is 1. The highest BCUT2D eigenvalue weighted by Gasteiger charge is 2.37. The van der Waals surface area contributed by atoms with Crippen LogP contribution in [0.25, 0.3) is 0 Å². The third-order valence-corrected chi connectivity index (χ3v) is 0.689. The number of aliphatic hydroxyl groups excluding tert-OH is 1. The van der Waals surface area contributed by atoms with Crippen LogP contribution in [0.15, 0.2) is 0 Å². The molecular weight excluding hydrogens is 208 g/mol. The number of rotatable bonds is 2. The molecule has 0 aliphatic carbocycles. The highest BCUT2D eigenvalue weighted by atomic mass is 35.5. The van der Waals surface area contributed by atoms with E-state index in [-0.39, 0.29) is 24.8 Å². The van der Waals surface area contributed by atoms with E-state index in [1.807, 2.05) is 0 Å². The van der Waals surface area contributed by atoms with Gasteiger partial charge in [-0.2, -0.15) is 13.2 Å². The van der Waals surface area contributed by atoms with Gasteiger partial charge in [-0.3, -0.25) is 11.3 Å². The van der Waals surface area contributed by atoms with Gasteiger partial charge in [0.05, 0.1) is 0 Å². The lowest BCUT2D eigenvalue weighted by Crippen LogP contribution is -2.40. The molecule has 0 bridgehead atoms. The normalized spacial score (nSPS) is 12.8. The fourth-order valence-electron chi connectivity index (χ4n) is 0.227. The number of halogens is 5. The molecule has 0 radical (unpaired) electrons. The average molecular weight is 217 g/mol. The van der Waals surface area contributed by atoms with Gasteiger partial charge < -0.3 is 5.11 Å². The van der Waals surface area contributed by atoms with Crippen molar-refractivity contribution >= 4 is 24.8 Å². The van der Waals surface area contributed by atoms with Crippen LogP contribution in [-0.4, -0.2) is 23.9 Å². The summed E-state index contributed by atoms with van der Waals surface area (Å²) >= 11 is 0. The van der Waals surface area contributed by atoms with Gasteiger partial charge in [-0.05, 0) is 0 Å². The Hall–Kier alpha value is 0.250. The molecule has 0 saturated heterocycles. The molecule has 0 heterocycles. The zero-order valence-electron chi connectivity index (χ0n) is 5.26. The first-order valence-corrected chi connectivity index (χ1v) is 2.16. The van der Waals surface area contributed by atoms with Gasteiger partial charge in [-0.25, -0.2) is 0 Å². The van der Waals surface area contributed by atoms with Crippen LogP contribution in [0.3, 0.4) is 0 Å². The fourth-order valence-corrected chi connectivity index (χ4v) is 0.227. The van der Waals surface area contributed by atoms with E-state index in [1.165, 1.54) is 0 Å². The summed E-state index contributed by atoms with van der Waals surface area (Å²) in [5.41, 5.74) is 1.70. The molecule has 0 rings (SSSR count). The van der Waals surface area contributed by atoms with Gasteiger partial charge in [0.1, 0.15) is 0 Å². The zero-order valence-corrected chi connectivity index (χ0v) is 6.89. The number of alkyl halides is 3. The van der Waals surface area contributed by atoms with Crippen LogP contribution >= 0.6 is 24.8 Å². The minimum Gasteiger partial charge on any atom is -0.382 e. The first kappa shape index (κ1) is 17.4. The van der Waals surface area contributed by atoms with Crippen LogP contribution in [0.4, 0.5) is 13.2 Å². The van der Waals surface area contributed by atoms with Crippen molar-refractivity contribution < 1.29 is 18.3 Å². The quantitative estimate of drug-likeness (QED) is 0.458. The molecular formula is C3H9Cl2F3N2O. The van der Waals surface area contributed by atoms with Crippen LogP contribution in [0.1, 0.15) is 0 Å². The van der Waals surface area contributed by atoms with Gasteiger partial charge >= 0.3 is 6.18 Å². The standard InChI is InChI=1S/C3H7F3N2O.2ClH/c4-3(5,6)2(9)1-8-7;;/h2,8-9H,1,7H2;2*1H/t2-;;/m1../s1. The Morgan fingerprint density at radius 2 is 1.73 bits per heavy atom. The van der Waals surface area contributed by atoms with E-state index < -0.39 is 18.8 Å². The minimum atomic E-state index is -4.58. The maximum Gasteiger partial charge on any atom is 0.415 e. The van der Waals surface area contributed by atoms with Gasteiger partial charge in [-0.15, -0.1) is 24.8 Å². The molecule has 8 heteroatoms. The van der Waals surface area contributed by atoms with Gasteiger partial charge in [0.15, 0.2) is 6.10 Å². The molecule has 0 spiro atoms. The van der Waals surface area contributed by atoms with E-state index >= 15 is 0 Å². The molecule has 0 fully saturated rings. The lowest BCUT2D eigenvalue weighted by atomic mass is 10.3. The third-order valence-electron chi connectivity index (χ3n) is 0.689. The predicted molar refractivity (Wildman–Crippen MR) is 38.7 cm³/mol. The topological polar surface area (TPSA) is 58.3 Å². The summed E-state index contributed by atoms with van der Waals surface area (Å²) in [5, 5.41) is 8.12. The lowest BCUT2D eigenvalue weighted by Gasteiger charge is -2.12. The Bertz CT molecular complexity index is 91.1. The number of nitrogens with two attached hydrogens (primary N) is 1. The van der Waals surface area contributed by atoms with E-state index in [9.17, 15) is 13.2 Å². The summed E-state index contributed by atoms with van der Waals surface area (Å²) in [6.45, 7) is -0.677. The maximum atomic E-state index is 11.3. The van der Waals surface area contributed by atoms with Crippen molar-refractivity contribution in [1.29, 1.82) is 0 Å². The van der Waals surface area contributed by atoms with E-state index in [0.717, 1.165) is 0 Å². The molecule has 0 aliphatic rings. The average Bonchev–Trinajstić information content (AvgIpc) is 1.64. The van der Waals surface area contributed by atoms with Crippen LogP contribution in [-0.2, 0) is 0 Å². The summed E-state index contributed by atoms with van der Waals surface area (Å²) in [5.74, 6) is 4.52. The molecule has 11 heavy (non-hydrogen) atoms. The van der Waals surface area contributed by atoms with E-state index in [4.69, 9.17) is 5.11 Å². The van der Waals surface area contributed by atoms with Gasteiger partial charge in [0.25, 0.3) is 0 Å². The predicted octanol–water partition coefficient (Wildman–Crippen LogP) is 0.217. The Morgan fingerprint density at radius 3 is 1.82 bits per heavy atom. The summed E-state index contributed by atoms with van der Waals surface area (Å²) in [4.78, 5) is 0. The van der Waals surface area contributed by atoms with Crippen LogP contribution in [0.2, 0.25) is 0 Å². The van der Waals surface area contributed by atoms with Crippen molar-refractivity contribution in [2.45, 2.75) is 12.3 Å². The van der Waals surface area contributed by atoms with Crippen molar-refractivity contribution in [2.24, 2.45) is 5.84 Å². The van der Waals surface area contributed by atoms with Crippen LogP contribution in [0.5, 0.6) is 0 Å². The summed E-state index contributed by atoms with van der Waals surface area (Å²) in [7, 11) is 0. The van der Waals surface area contributed by atoms with Crippen molar-refractivity contribution in [3.63, 3.8) is 0 Å². The monoisotopic (exact) mass is 216 g/mol. The van der Waals surface area contributed by atoms with Crippen molar-refractivity contribution in [3.05, 3.63) is 0 Å². The Labute approximate surface area is 73.9 Å². The summed E-state index contributed by atoms with van der Waals surface area (Å²) in [6.07, 6.45) is -6.95. The first-order chi connectivity index (χ1) is 3.98. The van der Waals surface area contributed by atoms with Crippen molar-refractivity contribution in [2.75, 3.05) is 6.54 Å². The molecule has 0 aliphatic heterocycles. The SMILES string of the molecule is Cl.Cl.NNC[C@@H](O)C(F)(F)F. The second-order valence-electron chi connectivity index (χ2n) is 1.47. The second-order valence-corrected chi connectivity index (χ2v) is 1.47. The first-order valence-electron chi connectivity index (χ1n) is 2.16. The highest BCUT2D eigenvalue weighted by molar-refractivity contribution is 5.85. The molecule has 3 nitrogen and oxygen atoms in total. The molecule has 0 aromatic rings. The Balaban J connectivity index is -0.000000320. The van der Waals surface area contributed by atoms with E-state index in [2.05, 4.69) is 5.84 Å². The molecule has 0 saturated carbocycles. The number of nitrogens with one attached hydrogen (secondary N) is 1. The molecule has 72 valence electrons. The number of hydrogen-bond donors (Lipinski definition) is 3. The minimum absolute atomic E-state index is 0.